The van der Waals surface area contributed by atoms with Crippen LogP contribution in [0.15, 0.2) is 48.5 Å². The highest BCUT2D eigenvalue weighted by molar-refractivity contribution is 5.43. The van der Waals surface area contributed by atoms with E-state index in [0.717, 1.165) is 12.0 Å². The number of hydrogen-bond donors (Lipinski definition) is 2. The molecular weight excluding hydrogens is 224 g/mol. The fourth-order valence-electron chi connectivity index (χ4n) is 2.27. The van der Waals surface area contributed by atoms with Crippen molar-refractivity contribution in [1.29, 1.82) is 0 Å². The summed E-state index contributed by atoms with van der Waals surface area (Å²) in [4.78, 5) is 0. The fraction of sp³-hybridized carbons (Fsp3) is 0.250. The normalized spacial score (nSPS) is 11.4. The molecule has 0 atom stereocenters. The minimum atomic E-state index is -0.232. The van der Waals surface area contributed by atoms with Gasteiger partial charge in [-0.3, -0.25) is 0 Å². The highest BCUT2D eigenvalue weighted by Crippen LogP contribution is 2.35. The van der Waals surface area contributed by atoms with E-state index in [2.05, 4.69) is 26.0 Å². The Morgan fingerprint density at radius 3 is 2.28 bits per heavy atom. The minimum absolute atomic E-state index is 0.184. The molecule has 2 aromatic carbocycles. The zero-order valence-electron chi connectivity index (χ0n) is 10.7. The van der Waals surface area contributed by atoms with Crippen molar-refractivity contribution in [3.63, 3.8) is 0 Å². The molecule has 2 nitrogen and oxygen atoms in total. The maximum absolute atomic E-state index is 9.94. The quantitative estimate of drug-likeness (QED) is 0.807. The van der Waals surface area contributed by atoms with Crippen molar-refractivity contribution < 1.29 is 10.2 Å². The Bertz CT molecular complexity index is 530. The van der Waals surface area contributed by atoms with Crippen molar-refractivity contribution in [2.24, 2.45) is 0 Å². The van der Waals surface area contributed by atoms with Gasteiger partial charge in [0.25, 0.3) is 0 Å². The lowest BCUT2D eigenvalue weighted by Gasteiger charge is -2.26. The molecule has 0 aromatic heterocycles. The first-order valence-electron chi connectivity index (χ1n) is 6.05. The number of phenolic OH excluding ortho intramolecular Hbond substituents is 2. The number of aromatic hydroxyl groups is 2. The molecule has 0 aliphatic rings. The zero-order chi connectivity index (χ0) is 13.2. The van der Waals surface area contributed by atoms with Crippen LogP contribution in [0.2, 0.25) is 0 Å². The van der Waals surface area contributed by atoms with Crippen LogP contribution in [-0.4, -0.2) is 10.2 Å². The lowest BCUT2D eigenvalue weighted by molar-refractivity contribution is 0.424. The van der Waals surface area contributed by atoms with Crippen molar-refractivity contribution >= 4 is 0 Å². The fourth-order valence-corrected chi connectivity index (χ4v) is 2.27. The first-order chi connectivity index (χ1) is 8.49. The lowest BCUT2D eigenvalue weighted by atomic mass is 9.78. The van der Waals surface area contributed by atoms with E-state index in [0.29, 0.717) is 0 Å². The smallest absolute Gasteiger partial charge is 0.119 e. The largest absolute Gasteiger partial charge is 0.508 e. The summed E-state index contributed by atoms with van der Waals surface area (Å²) in [5, 5.41) is 19.5. The van der Waals surface area contributed by atoms with Gasteiger partial charge in [0.05, 0.1) is 0 Å². The van der Waals surface area contributed by atoms with E-state index >= 15 is 0 Å². The molecular formula is C16H18O2. The second kappa shape index (κ2) is 4.73. The Labute approximate surface area is 108 Å². The van der Waals surface area contributed by atoms with Crippen LogP contribution in [0.5, 0.6) is 11.5 Å². The summed E-state index contributed by atoms with van der Waals surface area (Å²) < 4.78 is 0. The van der Waals surface area contributed by atoms with Crippen LogP contribution in [0.3, 0.4) is 0 Å². The zero-order valence-corrected chi connectivity index (χ0v) is 10.7. The second-order valence-corrected chi connectivity index (χ2v) is 5.25. The standard InChI is InChI=1S/C16H18O2/c1-16(2,11-12-6-4-3-5-7-12)14-10-13(17)8-9-15(14)18/h3-10,17-18H,11H2,1-2H3. The van der Waals surface area contributed by atoms with Gasteiger partial charge >= 0.3 is 0 Å². The number of rotatable bonds is 3. The molecule has 0 radical (unpaired) electrons. The molecule has 0 heterocycles. The Morgan fingerprint density at radius 2 is 1.61 bits per heavy atom. The van der Waals surface area contributed by atoms with Gasteiger partial charge in [-0.15, -0.1) is 0 Å². The van der Waals surface area contributed by atoms with Gasteiger partial charge in [-0.25, -0.2) is 0 Å². The van der Waals surface area contributed by atoms with E-state index in [1.54, 1.807) is 6.07 Å². The monoisotopic (exact) mass is 242 g/mol. The second-order valence-electron chi connectivity index (χ2n) is 5.25. The van der Waals surface area contributed by atoms with E-state index in [4.69, 9.17) is 0 Å². The van der Waals surface area contributed by atoms with Crippen LogP contribution < -0.4 is 0 Å². The molecule has 0 aliphatic carbocycles. The predicted octanol–water partition coefficient (Wildman–Crippen LogP) is 3.62. The van der Waals surface area contributed by atoms with Gasteiger partial charge in [0.1, 0.15) is 11.5 Å². The summed E-state index contributed by atoms with van der Waals surface area (Å²) in [7, 11) is 0. The first-order valence-corrected chi connectivity index (χ1v) is 6.05. The van der Waals surface area contributed by atoms with E-state index in [1.807, 2.05) is 18.2 Å². The summed E-state index contributed by atoms with van der Waals surface area (Å²) in [5.41, 5.74) is 1.75. The molecule has 2 rings (SSSR count). The van der Waals surface area contributed by atoms with E-state index in [-0.39, 0.29) is 16.9 Å². The third kappa shape index (κ3) is 2.65. The van der Waals surface area contributed by atoms with Gasteiger partial charge in [0.15, 0.2) is 0 Å². The molecule has 0 amide bonds. The van der Waals surface area contributed by atoms with Crippen molar-refractivity contribution in [3.8, 4) is 11.5 Å². The van der Waals surface area contributed by atoms with Crippen LogP contribution in [0.4, 0.5) is 0 Å². The average Bonchev–Trinajstić information content (AvgIpc) is 2.33. The van der Waals surface area contributed by atoms with Gasteiger partial charge in [0, 0.05) is 5.56 Å². The maximum atomic E-state index is 9.94. The van der Waals surface area contributed by atoms with Gasteiger partial charge < -0.3 is 10.2 Å². The first kappa shape index (κ1) is 12.5. The summed E-state index contributed by atoms with van der Waals surface area (Å²) in [6.45, 7) is 4.13. The Hall–Kier alpha value is -1.96. The van der Waals surface area contributed by atoms with Crippen molar-refractivity contribution in [3.05, 3.63) is 59.7 Å². The van der Waals surface area contributed by atoms with Crippen LogP contribution in [0.25, 0.3) is 0 Å². The average molecular weight is 242 g/mol. The van der Waals surface area contributed by atoms with E-state index in [9.17, 15) is 10.2 Å². The van der Waals surface area contributed by atoms with Crippen molar-refractivity contribution in [2.45, 2.75) is 25.7 Å². The molecule has 0 saturated heterocycles. The minimum Gasteiger partial charge on any atom is -0.508 e. The van der Waals surface area contributed by atoms with Crippen LogP contribution in [-0.2, 0) is 11.8 Å². The molecule has 2 aromatic rings. The van der Waals surface area contributed by atoms with Crippen LogP contribution in [0, 0.1) is 0 Å². The Morgan fingerprint density at radius 1 is 0.944 bits per heavy atom. The predicted molar refractivity (Wildman–Crippen MR) is 72.9 cm³/mol. The molecule has 0 aliphatic heterocycles. The topological polar surface area (TPSA) is 40.5 Å². The summed E-state index contributed by atoms with van der Waals surface area (Å²) >= 11 is 0. The third-order valence-corrected chi connectivity index (χ3v) is 3.20. The van der Waals surface area contributed by atoms with Crippen LogP contribution in [0.1, 0.15) is 25.0 Å². The number of phenols is 2. The number of hydrogen-bond acceptors (Lipinski definition) is 2. The lowest BCUT2D eigenvalue weighted by Crippen LogP contribution is -2.20. The molecule has 0 spiro atoms. The molecule has 0 unspecified atom stereocenters. The highest BCUT2D eigenvalue weighted by Gasteiger charge is 2.24. The third-order valence-electron chi connectivity index (χ3n) is 3.20. The van der Waals surface area contributed by atoms with E-state index in [1.165, 1.54) is 17.7 Å². The van der Waals surface area contributed by atoms with Crippen molar-refractivity contribution in [2.75, 3.05) is 0 Å². The van der Waals surface area contributed by atoms with Gasteiger partial charge in [0.2, 0.25) is 0 Å². The van der Waals surface area contributed by atoms with Gasteiger partial charge in [-0.1, -0.05) is 44.2 Å². The molecule has 94 valence electrons. The SMILES string of the molecule is CC(C)(Cc1ccccc1)c1cc(O)ccc1O. The Kier molecular flexibility index (Phi) is 3.28. The summed E-state index contributed by atoms with van der Waals surface area (Å²) in [5.74, 6) is 0.415. The maximum Gasteiger partial charge on any atom is 0.119 e. The van der Waals surface area contributed by atoms with Gasteiger partial charge in [-0.2, -0.15) is 0 Å². The van der Waals surface area contributed by atoms with Gasteiger partial charge in [-0.05, 0) is 35.6 Å². The summed E-state index contributed by atoms with van der Waals surface area (Å²) in [6, 6.07) is 14.8. The highest BCUT2D eigenvalue weighted by atomic mass is 16.3. The van der Waals surface area contributed by atoms with Crippen molar-refractivity contribution in [1.82, 2.24) is 0 Å². The van der Waals surface area contributed by atoms with E-state index < -0.39 is 0 Å². The van der Waals surface area contributed by atoms with Crippen LogP contribution >= 0.6 is 0 Å². The molecule has 2 heteroatoms. The molecule has 2 N–H and O–H groups in total. The molecule has 0 bridgehead atoms. The molecule has 0 fully saturated rings. The molecule has 0 saturated carbocycles. The summed E-state index contributed by atoms with van der Waals surface area (Å²) in [6.07, 6.45) is 0.810. The molecule has 18 heavy (non-hydrogen) atoms. The Balaban J connectivity index is 2.33. The number of benzene rings is 2.